The van der Waals surface area contributed by atoms with Gasteiger partial charge in [-0.2, -0.15) is 23.1 Å². The molecule has 1 N–H and O–H groups in total. The Labute approximate surface area is 102 Å². The zero-order valence-corrected chi connectivity index (χ0v) is 10.0. The molecule has 1 rings (SSSR count). The van der Waals surface area contributed by atoms with Crippen LogP contribution in [0.15, 0.2) is 6.07 Å². The number of nitrogens with one attached hydrogen (secondary N) is 1. The lowest BCUT2D eigenvalue weighted by molar-refractivity contribution is -0.134. The maximum Gasteiger partial charge on any atom is 0.389 e. The molecule has 0 amide bonds. The molecule has 5 nitrogen and oxygen atoms in total. The van der Waals surface area contributed by atoms with E-state index in [4.69, 9.17) is 9.47 Å². The summed E-state index contributed by atoms with van der Waals surface area (Å²) in [5.74, 6) is 0.730. The predicted octanol–water partition coefficient (Wildman–Crippen LogP) is 2.25. The summed E-state index contributed by atoms with van der Waals surface area (Å²) >= 11 is 0. The Morgan fingerprint density at radius 1 is 1.17 bits per heavy atom. The Bertz CT molecular complexity index is 363. The lowest BCUT2D eigenvalue weighted by Gasteiger charge is -2.09. The molecule has 0 spiro atoms. The van der Waals surface area contributed by atoms with E-state index in [1.54, 1.807) is 0 Å². The normalized spacial score (nSPS) is 11.2. The highest BCUT2D eigenvalue weighted by Crippen LogP contribution is 2.21. The molecule has 0 bridgehead atoms. The SMILES string of the molecule is COc1cc(OC)nc(NCCCC(F)(F)F)n1. The van der Waals surface area contributed by atoms with Gasteiger partial charge in [-0.3, -0.25) is 0 Å². The lowest BCUT2D eigenvalue weighted by Crippen LogP contribution is -2.12. The summed E-state index contributed by atoms with van der Waals surface area (Å²) in [7, 11) is 2.85. The number of methoxy groups -OCH3 is 2. The third kappa shape index (κ3) is 5.07. The molecule has 0 radical (unpaired) electrons. The van der Waals surface area contributed by atoms with E-state index in [0.717, 1.165) is 0 Å². The molecule has 0 aliphatic rings. The van der Waals surface area contributed by atoms with E-state index < -0.39 is 12.6 Å². The molecule has 0 atom stereocenters. The number of hydrogen-bond donors (Lipinski definition) is 1. The molecule has 1 aromatic heterocycles. The minimum atomic E-state index is -4.14. The Morgan fingerprint density at radius 3 is 2.17 bits per heavy atom. The van der Waals surface area contributed by atoms with Crippen molar-refractivity contribution >= 4 is 5.95 Å². The van der Waals surface area contributed by atoms with Gasteiger partial charge in [0.1, 0.15) is 0 Å². The van der Waals surface area contributed by atoms with E-state index >= 15 is 0 Å². The van der Waals surface area contributed by atoms with E-state index in [-0.39, 0.29) is 30.7 Å². The van der Waals surface area contributed by atoms with Crippen LogP contribution in [0.25, 0.3) is 0 Å². The summed E-state index contributed by atoms with van der Waals surface area (Å²) in [6.45, 7) is 0.121. The summed E-state index contributed by atoms with van der Waals surface area (Å²) in [5, 5.41) is 2.68. The van der Waals surface area contributed by atoms with E-state index in [2.05, 4.69) is 15.3 Å². The highest BCUT2D eigenvalue weighted by Gasteiger charge is 2.25. The maximum absolute atomic E-state index is 11.9. The first-order valence-electron chi connectivity index (χ1n) is 5.22. The Hall–Kier alpha value is -1.73. The lowest BCUT2D eigenvalue weighted by atomic mass is 10.3. The number of alkyl halides is 3. The van der Waals surface area contributed by atoms with Crippen molar-refractivity contribution in [2.75, 3.05) is 26.1 Å². The number of hydrogen-bond acceptors (Lipinski definition) is 5. The van der Waals surface area contributed by atoms with Crippen LogP contribution in [0.3, 0.4) is 0 Å². The minimum Gasteiger partial charge on any atom is -0.481 e. The van der Waals surface area contributed by atoms with Crippen molar-refractivity contribution in [1.82, 2.24) is 9.97 Å². The van der Waals surface area contributed by atoms with Gasteiger partial charge < -0.3 is 14.8 Å². The first-order chi connectivity index (χ1) is 8.44. The van der Waals surface area contributed by atoms with E-state index in [9.17, 15) is 13.2 Å². The van der Waals surface area contributed by atoms with Gasteiger partial charge in [-0.25, -0.2) is 0 Å². The highest BCUT2D eigenvalue weighted by molar-refractivity contribution is 5.33. The van der Waals surface area contributed by atoms with Gasteiger partial charge in [0.25, 0.3) is 0 Å². The fourth-order valence-electron chi connectivity index (χ4n) is 1.18. The predicted molar refractivity (Wildman–Crippen MR) is 58.9 cm³/mol. The van der Waals surface area contributed by atoms with Crippen molar-refractivity contribution in [2.24, 2.45) is 0 Å². The first-order valence-corrected chi connectivity index (χ1v) is 5.22. The summed E-state index contributed by atoms with van der Waals surface area (Å²) < 4.78 is 45.6. The summed E-state index contributed by atoms with van der Waals surface area (Å²) in [5.41, 5.74) is 0. The van der Waals surface area contributed by atoms with Crippen molar-refractivity contribution in [3.8, 4) is 11.8 Å². The summed E-state index contributed by atoms with van der Waals surface area (Å²) in [6.07, 6.45) is -5.04. The number of rotatable bonds is 6. The Morgan fingerprint density at radius 2 is 1.72 bits per heavy atom. The minimum absolute atomic E-state index is 0.0492. The van der Waals surface area contributed by atoms with E-state index in [0.29, 0.717) is 0 Å². The second kappa shape index (κ2) is 6.27. The molecule has 0 aromatic carbocycles. The fraction of sp³-hybridized carbons (Fsp3) is 0.600. The highest BCUT2D eigenvalue weighted by atomic mass is 19.4. The topological polar surface area (TPSA) is 56.3 Å². The number of nitrogens with zero attached hydrogens (tertiary/aromatic N) is 2. The van der Waals surface area contributed by atoms with Crippen LogP contribution in [0, 0.1) is 0 Å². The molecule has 1 aromatic rings. The molecule has 0 saturated carbocycles. The van der Waals surface area contributed by atoms with Crippen molar-refractivity contribution in [3.63, 3.8) is 0 Å². The second-order valence-electron chi connectivity index (χ2n) is 3.42. The smallest absolute Gasteiger partial charge is 0.389 e. The summed E-state index contributed by atoms with van der Waals surface area (Å²) in [6, 6.07) is 1.47. The molecular formula is C10H14F3N3O2. The van der Waals surface area contributed by atoms with E-state index in [1.807, 2.05) is 0 Å². The van der Waals surface area contributed by atoms with Gasteiger partial charge in [0.15, 0.2) is 0 Å². The fourth-order valence-corrected chi connectivity index (χ4v) is 1.18. The number of halogens is 3. The Kier molecular flexibility index (Phi) is 4.99. The third-order valence-corrected chi connectivity index (χ3v) is 2.02. The van der Waals surface area contributed by atoms with Crippen LogP contribution in [-0.4, -0.2) is 36.9 Å². The molecule has 0 aliphatic heterocycles. The third-order valence-electron chi connectivity index (χ3n) is 2.02. The maximum atomic E-state index is 11.9. The van der Waals surface area contributed by atoms with Gasteiger partial charge in [-0.15, -0.1) is 0 Å². The molecular weight excluding hydrogens is 251 g/mol. The van der Waals surface area contributed by atoms with E-state index in [1.165, 1.54) is 20.3 Å². The average molecular weight is 265 g/mol. The van der Waals surface area contributed by atoms with Crippen LogP contribution in [0.5, 0.6) is 11.8 Å². The van der Waals surface area contributed by atoms with Gasteiger partial charge >= 0.3 is 6.18 Å². The van der Waals surface area contributed by atoms with Crippen molar-refractivity contribution in [1.29, 1.82) is 0 Å². The van der Waals surface area contributed by atoms with Crippen LogP contribution in [0.2, 0.25) is 0 Å². The van der Waals surface area contributed by atoms with Crippen molar-refractivity contribution < 1.29 is 22.6 Å². The van der Waals surface area contributed by atoms with Gasteiger partial charge in [0, 0.05) is 13.0 Å². The number of anilines is 1. The quantitative estimate of drug-likeness (QED) is 0.799. The molecule has 0 fully saturated rings. The van der Waals surface area contributed by atoms with Crippen LogP contribution in [0.1, 0.15) is 12.8 Å². The number of aromatic nitrogens is 2. The van der Waals surface area contributed by atoms with Crippen LogP contribution in [0.4, 0.5) is 19.1 Å². The zero-order valence-electron chi connectivity index (χ0n) is 10.0. The second-order valence-corrected chi connectivity index (χ2v) is 3.42. The Balaban J connectivity index is 2.51. The number of ether oxygens (including phenoxy) is 2. The monoisotopic (exact) mass is 265 g/mol. The summed E-state index contributed by atoms with van der Waals surface area (Å²) in [4.78, 5) is 7.86. The van der Waals surface area contributed by atoms with Crippen LogP contribution >= 0.6 is 0 Å². The van der Waals surface area contributed by atoms with Gasteiger partial charge in [0.2, 0.25) is 17.7 Å². The standard InChI is InChI=1S/C10H14F3N3O2/c1-17-7-6-8(18-2)16-9(15-7)14-5-3-4-10(11,12)13/h6H,3-5H2,1-2H3,(H,14,15,16). The molecule has 0 saturated heterocycles. The van der Waals surface area contributed by atoms with Gasteiger partial charge in [-0.05, 0) is 6.42 Å². The molecule has 1 heterocycles. The zero-order chi connectivity index (χ0) is 13.6. The molecule has 8 heteroatoms. The van der Waals surface area contributed by atoms with Crippen LogP contribution < -0.4 is 14.8 Å². The average Bonchev–Trinajstić information content (AvgIpc) is 2.33. The van der Waals surface area contributed by atoms with Gasteiger partial charge in [-0.1, -0.05) is 0 Å². The van der Waals surface area contributed by atoms with Crippen molar-refractivity contribution in [3.05, 3.63) is 6.07 Å². The van der Waals surface area contributed by atoms with Crippen LogP contribution in [-0.2, 0) is 0 Å². The first kappa shape index (κ1) is 14.3. The molecule has 102 valence electrons. The largest absolute Gasteiger partial charge is 0.481 e. The van der Waals surface area contributed by atoms with Crippen molar-refractivity contribution in [2.45, 2.75) is 19.0 Å². The molecule has 0 unspecified atom stereocenters. The van der Waals surface area contributed by atoms with Gasteiger partial charge in [0.05, 0.1) is 20.3 Å². The molecule has 18 heavy (non-hydrogen) atoms. The molecule has 0 aliphatic carbocycles.